The molecule has 0 bridgehead atoms. The van der Waals surface area contributed by atoms with Crippen LogP contribution in [0.5, 0.6) is 0 Å². The molecule has 3 aromatic carbocycles. The number of carbonyl (C=O) groups excluding carboxylic acids is 2. The zero-order valence-corrected chi connectivity index (χ0v) is 14.8. The summed E-state index contributed by atoms with van der Waals surface area (Å²) in [4.78, 5) is 24.1. The van der Waals surface area contributed by atoms with E-state index in [1.54, 1.807) is 6.07 Å². The van der Waals surface area contributed by atoms with Crippen LogP contribution in [0.15, 0.2) is 83.5 Å². The molecule has 0 saturated heterocycles. The second-order valence-electron chi connectivity index (χ2n) is 5.98. The highest BCUT2D eigenvalue weighted by Gasteiger charge is 2.14. The van der Waals surface area contributed by atoms with Crippen LogP contribution in [0, 0.1) is 0 Å². The monoisotopic (exact) mass is 357 g/mol. The molecule has 0 aliphatic heterocycles. The van der Waals surface area contributed by atoms with Gasteiger partial charge < -0.3 is 5.32 Å². The van der Waals surface area contributed by atoms with Gasteiger partial charge in [0.1, 0.15) is 0 Å². The number of nitrogens with one attached hydrogen (secondary N) is 2. The Balaban J connectivity index is 1.61. The number of nitrogens with zero attached hydrogens (tertiary/aromatic N) is 1. The average Bonchev–Trinajstić information content (AvgIpc) is 2.69. The molecule has 0 spiro atoms. The molecule has 5 nitrogen and oxygen atoms in total. The number of amides is 2. The van der Waals surface area contributed by atoms with Crippen molar-refractivity contribution in [2.75, 3.05) is 5.32 Å². The summed E-state index contributed by atoms with van der Waals surface area (Å²) in [6.07, 6.45) is 3.42. The van der Waals surface area contributed by atoms with Crippen molar-refractivity contribution in [2.45, 2.75) is 6.92 Å². The van der Waals surface area contributed by atoms with E-state index in [4.69, 9.17) is 0 Å². The van der Waals surface area contributed by atoms with Gasteiger partial charge in [0.15, 0.2) is 0 Å². The van der Waals surface area contributed by atoms with Gasteiger partial charge in [0.25, 0.3) is 0 Å². The lowest BCUT2D eigenvalue weighted by Gasteiger charge is -2.07. The van der Waals surface area contributed by atoms with Crippen LogP contribution in [0.3, 0.4) is 0 Å². The van der Waals surface area contributed by atoms with Crippen molar-refractivity contribution in [3.63, 3.8) is 0 Å². The Kier molecular flexibility index (Phi) is 5.74. The largest absolute Gasteiger partial charge is 0.329 e. The van der Waals surface area contributed by atoms with Gasteiger partial charge in [0, 0.05) is 11.1 Å². The zero-order valence-electron chi connectivity index (χ0n) is 14.8. The number of allylic oxidation sites excluding steroid dienone is 1. The van der Waals surface area contributed by atoms with Crippen molar-refractivity contribution < 1.29 is 9.59 Å². The van der Waals surface area contributed by atoms with Crippen LogP contribution in [-0.2, 0) is 9.59 Å². The number of anilines is 1. The number of hydrogen-bond acceptors (Lipinski definition) is 3. The Morgan fingerprint density at radius 2 is 1.56 bits per heavy atom. The third-order valence-corrected chi connectivity index (χ3v) is 3.87. The van der Waals surface area contributed by atoms with E-state index in [1.807, 2.05) is 79.7 Å². The number of benzene rings is 3. The Hall–Kier alpha value is -3.73. The van der Waals surface area contributed by atoms with E-state index in [2.05, 4.69) is 15.8 Å². The summed E-state index contributed by atoms with van der Waals surface area (Å²) in [6, 6.07) is 22.9. The van der Waals surface area contributed by atoms with E-state index in [1.165, 1.54) is 6.21 Å². The van der Waals surface area contributed by atoms with Crippen LogP contribution < -0.4 is 10.7 Å². The van der Waals surface area contributed by atoms with Gasteiger partial charge in [-0.15, -0.1) is 0 Å². The van der Waals surface area contributed by atoms with E-state index in [0.29, 0.717) is 5.69 Å². The molecule has 0 aromatic heterocycles. The van der Waals surface area contributed by atoms with Crippen LogP contribution in [0.25, 0.3) is 16.8 Å². The summed E-state index contributed by atoms with van der Waals surface area (Å²) in [5.74, 6) is -1.60. The standard InChI is InChI=1S/C22H19N3O2/c1-16(14-17-8-3-2-4-9-17)15-23-25-22(27)21(26)24-20-13-7-11-18-10-5-6-12-19(18)20/h2-15H,1H3,(H,24,26)(H,25,27)/b16-14-,23-15-. The highest BCUT2D eigenvalue weighted by atomic mass is 16.2. The fourth-order valence-corrected chi connectivity index (χ4v) is 2.61. The van der Waals surface area contributed by atoms with Gasteiger partial charge in [0.05, 0.1) is 6.21 Å². The molecule has 3 aromatic rings. The highest BCUT2D eigenvalue weighted by Crippen LogP contribution is 2.22. The zero-order chi connectivity index (χ0) is 19.1. The molecule has 3 rings (SSSR count). The molecule has 2 N–H and O–H groups in total. The Morgan fingerprint density at radius 1 is 0.852 bits per heavy atom. The maximum Gasteiger partial charge on any atom is 0.329 e. The van der Waals surface area contributed by atoms with Gasteiger partial charge in [0.2, 0.25) is 0 Å². The van der Waals surface area contributed by atoms with E-state index >= 15 is 0 Å². The summed E-state index contributed by atoms with van der Waals surface area (Å²) in [5, 5.41) is 8.31. The number of hydrazone groups is 1. The first-order valence-electron chi connectivity index (χ1n) is 8.49. The molecular weight excluding hydrogens is 338 g/mol. The smallest absolute Gasteiger partial charge is 0.317 e. The van der Waals surface area contributed by atoms with Crippen LogP contribution in [-0.4, -0.2) is 18.0 Å². The maximum absolute atomic E-state index is 12.1. The number of hydrogen-bond donors (Lipinski definition) is 2. The maximum atomic E-state index is 12.1. The molecular formula is C22H19N3O2. The molecule has 0 saturated carbocycles. The Labute approximate surface area is 157 Å². The van der Waals surface area contributed by atoms with Crippen LogP contribution in [0.1, 0.15) is 12.5 Å². The number of rotatable bonds is 4. The first kappa shape index (κ1) is 18.1. The predicted molar refractivity (Wildman–Crippen MR) is 109 cm³/mol. The predicted octanol–water partition coefficient (Wildman–Crippen LogP) is 3.98. The third kappa shape index (κ3) is 4.89. The molecule has 2 amide bonds. The number of fused-ring (bicyclic) bond motifs is 1. The van der Waals surface area contributed by atoms with Crippen molar-refractivity contribution in [3.8, 4) is 0 Å². The van der Waals surface area contributed by atoms with Crippen molar-refractivity contribution >= 4 is 40.6 Å². The molecule has 5 heteroatoms. The third-order valence-electron chi connectivity index (χ3n) is 3.87. The number of carbonyl (C=O) groups is 2. The summed E-state index contributed by atoms with van der Waals surface area (Å²) in [5.41, 5.74) is 4.70. The van der Waals surface area contributed by atoms with Crippen molar-refractivity contribution in [1.29, 1.82) is 0 Å². The summed E-state index contributed by atoms with van der Waals surface area (Å²) < 4.78 is 0. The fourth-order valence-electron chi connectivity index (χ4n) is 2.61. The van der Waals surface area contributed by atoms with Crippen LogP contribution in [0.4, 0.5) is 5.69 Å². The summed E-state index contributed by atoms with van der Waals surface area (Å²) in [7, 11) is 0. The van der Waals surface area contributed by atoms with Gasteiger partial charge in [-0.05, 0) is 29.5 Å². The van der Waals surface area contributed by atoms with Gasteiger partial charge in [-0.3, -0.25) is 9.59 Å². The second-order valence-corrected chi connectivity index (χ2v) is 5.98. The van der Waals surface area contributed by atoms with Crippen molar-refractivity contribution in [1.82, 2.24) is 5.43 Å². The van der Waals surface area contributed by atoms with Crippen molar-refractivity contribution in [2.24, 2.45) is 5.10 Å². The summed E-state index contributed by atoms with van der Waals surface area (Å²) in [6.45, 7) is 1.86. The van der Waals surface area contributed by atoms with E-state index in [9.17, 15) is 9.59 Å². The first-order chi connectivity index (χ1) is 13.1. The molecule has 0 heterocycles. The molecule has 0 radical (unpaired) electrons. The van der Waals surface area contributed by atoms with Gasteiger partial charge in [-0.1, -0.05) is 72.8 Å². The summed E-state index contributed by atoms with van der Waals surface area (Å²) >= 11 is 0. The van der Waals surface area contributed by atoms with Gasteiger partial charge in [-0.2, -0.15) is 5.10 Å². The van der Waals surface area contributed by atoms with E-state index in [-0.39, 0.29) is 0 Å². The molecule has 0 unspecified atom stereocenters. The SMILES string of the molecule is CC(/C=N\NC(=O)C(=O)Nc1cccc2ccccc12)=C/c1ccccc1. The quantitative estimate of drug-likeness (QED) is 0.421. The van der Waals surface area contributed by atoms with Crippen LogP contribution >= 0.6 is 0 Å². The highest BCUT2D eigenvalue weighted by molar-refractivity contribution is 6.40. The molecule has 27 heavy (non-hydrogen) atoms. The lowest BCUT2D eigenvalue weighted by atomic mass is 10.1. The molecule has 0 atom stereocenters. The molecule has 0 aliphatic carbocycles. The van der Waals surface area contributed by atoms with E-state index < -0.39 is 11.8 Å². The lowest BCUT2D eigenvalue weighted by Crippen LogP contribution is -2.32. The lowest BCUT2D eigenvalue weighted by molar-refractivity contribution is -0.136. The second kappa shape index (κ2) is 8.58. The normalized spacial score (nSPS) is 11.5. The minimum Gasteiger partial charge on any atom is -0.317 e. The molecule has 0 fully saturated rings. The van der Waals surface area contributed by atoms with Gasteiger partial charge in [-0.25, -0.2) is 5.43 Å². The topological polar surface area (TPSA) is 70.6 Å². The Morgan fingerprint density at radius 3 is 2.37 bits per heavy atom. The Bertz CT molecular complexity index is 1020. The molecule has 0 aliphatic rings. The van der Waals surface area contributed by atoms with Crippen molar-refractivity contribution in [3.05, 3.63) is 83.9 Å². The minimum absolute atomic E-state index is 0.581. The van der Waals surface area contributed by atoms with Crippen LogP contribution in [0.2, 0.25) is 0 Å². The first-order valence-corrected chi connectivity index (χ1v) is 8.49. The fraction of sp³-hybridized carbons (Fsp3) is 0.0455. The minimum atomic E-state index is -0.827. The average molecular weight is 357 g/mol. The molecule has 134 valence electrons. The van der Waals surface area contributed by atoms with Gasteiger partial charge >= 0.3 is 11.8 Å². The van der Waals surface area contributed by atoms with E-state index in [0.717, 1.165) is 21.9 Å².